The highest BCUT2D eigenvalue weighted by molar-refractivity contribution is 7.99. The summed E-state index contributed by atoms with van der Waals surface area (Å²) in [6, 6.07) is 0.803. The average Bonchev–Trinajstić information content (AvgIpc) is 2.71. The van der Waals surface area contributed by atoms with Crippen molar-refractivity contribution in [2.45, 2.75) is 32.7 Å². The molecule has 1 heterocycles. The number of hydrogen-bond donors (Lipinski definition) is 1. The number of nitrogens with zero attached hydrogens (tertiary/aromatic N) is 1. The maximum atomic E-state index is 3.54. The van der Waals surface area contributed by atoms with Crippen LogP contribution in [0.1, 0.15) is 26.7 Å². The van der Waals surface area contributed by atoms with E-state index in [4.69, 9.17) is 0 Å². The number of nitrogens with one attached hydrogen (secondary N) is 1. The molecular weight excluding hydrogens is 192 g/mol. The van der Waals surface area contributed by atoms with Crippen LogP contribution in [-0.2, 0) is 0 Å². The van der Waals surface area contributed by atoms with Gasteiger partial charge in [-0.15, -0.1) is 0 Å². The summed E-state index contributed by atoms with van der Waals surface area (Å²) in [7, 11) is 0. The normalized spacial score (nSPS) is 22.1. The Morgan fingerprint density at radius 1 is 1.36 bits per heavy atom. The fourth-order valence-corrected chi connectivity index (χ4v) is 2.98. The highest BCUT2D eigenvalue weighted by Gasteiger charge is 2.13. The first-order valence-electron chi connectivity index (χ1n) is 5.90. The summed E-state index contributed by atoms with van der Waals surface area (Å²) >= 11 is 2.11. The molecule has 0 aromatic rings. The maximum Gasteiger partial charge on any atom is 0.0158 e. The van der Waals surface area contributed by atoms with Gasteiger partial charge in [0.15, 0.2) is 0 Å². The molecule has 1 aliphatic heterocycles. The van der Waals surface area contributed by atoms with Gasteiger partial charge in [0.25, 0.3) is 0 Å². The Bertz CT molecular complexity index is 127. The van der Waals surface area contributed by atoms with Crippen LogP contribution in [0.25, 0.3) is 0 Å². The van der Waals surface area contributed by atoms with Gasteiger partial charge in [0.1, 0.15) is 0 Å². The Balaban J connectivity index is 1.92. The zero-order valence-corrected chi connectivity index (χ0v) is 10.4. The summed E-state index contributed by atoms with van der Waals surface area (Å²) in [5, 5.41) is 3.54. The van der Waals surface area contributed by atoms with E-state index < -0.39 is 0 Å². The van der Waals surface area contributed by atoms with Gasteiger partial charge in [-0.25, -0.2) is 0 Å². The minimum Gasteiger partial charge on any atom is -0.313 e. The quantitative estimate of drug-likeness (QED) is 0.654. The molecule has 1 aliphatic rings. The standard InChI is InChI=1S/C11H24N2S/c1-3-13(4-2)8-9-14-10-11-6-5-7-12-11/h11-12H,3-10H2,1-2H3/t11-/m0/s1. The highest BCUT2D eigenvalue weighted by Crippen LogP contribution is 2.11. The van der Waals surface area contributed by atoms with Crippen molar-refractivity contribution in [1.29, 1.82) is 0 Å². The van der Waals surface area contributed by atoms with Crippen molar-refractivity contribution in [2.75, 3.05) is 37.7 Å². The topological polar surface area (TPSA) is 15.3 Å². The Labute approximate surface area is 92.8 Å². The second-order valence-electron chi connectivity index (χ2n) is 3.90. The van der Waals surface area contributed by atoms with Crippen LogP contribution in [-0.4, -0.2) is 48.6 Å². The summed E-state index contributed by atoms with van der Waals surface area (Å²) in [6.45, 7) is 9.36. The fraction of sp³-hybridized carbons (Fsp3) is 1.00. The Hall–Kier alpha value is 0.270. The monoisotopic (exact) mass is 216 g/mol. The molecule has 2 nitrogen and oxygen atoms in total. The van der Waals surface area contributed by atoms with Crippen molar-refractivity contribution in [3.63, 3.8) is 0 Å². The molecule has 0 saturated carbocycles. The molecule has 0 aromatic carbocycles. The number of thioether (sulfide) groups is 1. The van der Waals surface area contributed by atoms with Gasteiger partial charge in [0.05, 0.1) is 0 Å². The molecule has 0 aromatic heterocycles. The van der Waals surface area contributed by atoms with Crippen LogP contribution in [0, 0.1) is 0 Å². The molecule has 84 valence electrons. The van der Waals surface area contributed by atoms with Crippen molar-refractivity contribution in [3.05, 3.63) is 0 Å². The Morgan fingerprint density at radius 3 is 2.71 bits per heavy atom. The third-order valence-corrected chi connectivity index (χ3v) is 4.04. The molecule has 0 aliphatic carbocycles. The van der Waals surface area contributed by atoms with Crippen LogP contribution >= 0.6 is 11.8 Å². The predicted molar refractivity (Wildman–Crippen MR) is 66.1 cm³/mol. The van der Waals surface area contributed by atoms with Crippen LogP contribution in [0.3, 0.4) is 0 Å². The van der Waals surface area contributed by atoms with Gasteiger partial charge in [-0.05, 0) is 32.5 Å². The molecule has 0 radical (unpaired) electrons. The van der Waals surface area contributed by atoms with Gasteiger partial charge < -0.3 is 10.2 Å². The van der Waals surface area contributed by atoms with E-state index in [2.05, 4.69) is 35.8 Å². The molecule has 1 atom stereocenters. The van der Waals surface area contributed by atoms with Crippen LogP contribution in [0.4, 0.5) is 0 Å². The van der Waals surface area contributed by atoms with E-state index >= 15 is 0 Å². The van der Waals surface area contributed by atoms with Gasteiger partial charge >= 0.3 is 0 Å². The average molecular weight is 216 g/mol. The minimum absolute atomic E-state index is 0.803. The molecule has 0 unspecified atom stereocenters. The van der Waals surface area contributed by atoms with Crippen molar-refractivity contribution in [1.82, 2.24) is 10.2 Å². The van der Waals surface area contributed by atoms with E-state index in [0.717, 1.165) is 6.04 Å². The highest BCUT2D eigenvalue weighted by atomic mass is 32.2. The van der Waals surface area contributed by atoms with E-state index in [9.17, 15) is 0 Å². The molecule has 0 bridgehead atoms. The van der Waals surface area contributed by atoms with Gasteiger partial charge in [-0.1, -0.05) is 13.8 Å². The summed E-state index contributed by atoms with van der Waals surface area (Å²) < 4.78 is 0. The van der Waals surface area contributed by atoms with E-state index in [1.54, 1.807) is 0 Å². The molecule has 0 spiro atoms. The van der Waals surface area contributed by atoms with Gasteiger partial charge in [-0.2, -0.15) is 11.8 Å². The van der Waals surface area contributed by atoms with Crippen LogP contribution in [0.5, 0.6) is 0 Å². The second kappa shape index (κ2) is 7.55. The molecule has 3 heteroatoms. The lowest BCUT2D eigenvalue weighted by Gasteiger charge is -2.18. The molecule has 0 amide bonds. The maximum absolute atomic E-state index is 3.54. The van der Waals surface area contributed by atoms with Crippen LogP contribution in [0.15, 0.2) is 0 Å². The van der Waals surface area contributed by atoms with Gasteiger partial charge in [0, 0.05) is 24.1 Å². The fourth-order valence-electron chi connectivity index (χ4n) is 1.86. The SMILES string of the molecule is CCN(CC)CCSC[C@@H]1CCCN1. The van der Waals surface area contributed by atoms with E-state index in [1.165, 1.54) is 50.5 Å². The molecule has 14 heavy (non-hydrogen) atoms. The summed E-state index contributed by atoms with van der Waals surface area (Å²) in [5.41, 5.74) is 0. The van der Waals surface area contributed by atoms with Crippen molar-refractivity contribution >= 4 is 11.8 Å². The Morgan fingerprint density at radius 2 is 2.14 bits per heavy atom. The number of rotatable bonds is 7. The Kier molecular flexibility index (Phi) is 6.65. The van der Waals surface area contributed by atoms with E-state index in [1.807, 2.05) is 0 Å². The number of hydrogen-bond acceptors (Lipinski definition) is 3. The largest absolute Gasteiger partial charge is 0.313 e. The van der Waals surface area contributed by atoms with Gasteiger partial charge in [0.2, 0.25) is 0 Å². The third kappa shape index (κ3) is 4.67. The first-order valence-corrected chi connectivity index (χ1v) is 7.05. The lowest BCUT2D eigenvalue weighted by molar-refractivity contribution is 0.324. The zero-order valence-electron chi connectivity index (χ0n) is 9.59. The zero-order chi connectivity index (χ0) is 10.2. The lowest BCUT2D eigenvalue weighted by Crippen LogP contribution is -2.27. The molecule has 1 saturated heterocycles. The first kappa shape index (κ1) is 12.3. The molecule has 1 rings (SSSR count). The molecule has 1 N–H and O–H groups in total. The second-order valence-corrected chi connectivity index (χ2v) is 5.04. The summed E-state index contributed by atoms with van der Waals surface area (Å²) in [6.07, 6.45) is 2.76. The minimum atomic E-state index is 0.803. The van der Waals surface area contributed by atoms with E-state index in [0.29, 0.717) is 0 Å². The van der Waals surface area contributed by atoms with Crippen molar-refractivity contribution < 1.29 is 0 Å². The molecular formula is C11H24N2S. The smallest absolute Gasteiger partial charge is 0.0158 e. The van der Waals surface area contributed by atoms with E-state index in [-0.39, 0.29) is 0 Å². The summed E-state index contributed by atoms with van der Waals surface area (Å²) in [4.78, 5) is 2.50. The van der Waals surface area contributed by atoms with Crippen molar-refractivity contribution in [2.24, 2.45) is 0 Å². The van der Waals surface area contributed by atoms with Crippen LogP contribution < -0.4 is 5.32 Å². The molecule has 1 fully saturated rings. The van der Waals surface area contributed by atoms with Crippen LogP contribution in [0.2, 0.25) is 0 Å². The third-order valence-electron chi connectivity index (χ3n) is 2.93. The lowest BCUT2D eigenvalue weighted by atomic mass is 10.3. The predicted octanol–water partition coefficient (Wildman–Crippen LogP) is 1.81. The van der Waals surface area contributed by atoms with Crippen molar-refractivity contribution in [3.8, 4) is 0 Å². The first-order chi connectivity index (χ1) is 6.86. The van der Waals surface area contributed by atoms with Gasteiger partial charge in [-0.3, -0.25) is 0 Å². The summed E-state index contributed by atoms with van der Waals surface area (Å²) in [5.74, 6) is 2.60.